The van der Waals surface area contributed by atoms with E-state index in [2.05, 4.69) is 71.2 Å². The summed E-state index contributed by atoms with van der Waals surface area (Å²) in [4.78, 5) is 15.0. The van der Waals surface area contributed by atoms with E-state index in [1.54, 1.807) is 20.9 Å². The molecule has 0 unspecified atom stereocenters. The van der Waals surface area contributed by atoms with Crippen molar-refractivity contribution < 1.29 is 0 Å². The summed E-state index contributed by atoms with van der Waals surface area (Å²) in [6.45, 7) is 0. The predicted octanol–water partition coefficient (Wildman–Crippen LogP) is 12.2. The zero-order chi connectivity index (χ0) is 24.1. The largest absolute Gasteiger partial charge is 0.139 e. The molecule has 37 heavy (non-hydrogen) atoms. The minimum atomic E-state index is 0.842. The summed E-state index contributed by atoms with van der Waals surface area (Å²) in [5.74, 6) is 3.39. The van der Waals surface area contributed by atoms with Crippen molar-refractivity contribution in [2.24, 2.45) is 0 Å². The molecule has 2 saturated carbocycles. The first kappa shape index (κ1) is 22.3. The molecule has 5 aromatic heterocycles. The number of hydrogen-bond acceptors (Lipinski definition) is 5. The number of rotatable bonds is 4. The van der Waals surface area contributed by atoms with Gasteiger partial charge in [-0.1, -0.05) is 0 Å². The van der Waals surface area contributed by atoms with Crippen molar-refractivity contribution >= 4 is 56.7 Å². The molecule has 5 heteroatoms. The number of hydrogen-bond donors (Lipinski definition) is 0. The van der Waals surface area contributed by atoms with Crippen LogP contribution in [0, 0.1) is 0 Å². The first-order valence-electron chi connectivity index (χ1n) is 13.8. The molecule has 0 N–H and O–H groups in total. The molecule has 0 atom stereocenters. The van der Waals surface area contributed by atoms with Gasteiger partial charge in [0.05, 0.1) is 0 Å². The molecule has 186 valence electrons. The van der Waals surface area contributed by atoms with Crippen molar-refractivity contribution in [2.45, 2.75) is 75.0 Å². The maximum atomic E-state index is 2.55. The molecule has 4 bridgehead atoms. The van der Waals surface area contributed by atoms with Crippen LogP contribution in [0.5, 0.6) is 0 Å². The van der Waals surface area contributed by atoms with E-state index in [9.17, 15) is 0 Å². The molecule has 6 aliphatic carbocycles. The van der Waals surface area contributed by atoms with Crippen molar-refractivity contribution in [3.8, 4) is 39.0 Å². The van der Waals surface area contributed by atoms with E-state index < -0.39 is 0 Å². The monoisotopic (exact) mass is 572 g/mol. The molecule has 5 aromatic rings. The Morgan fingerprint density at radius 2 is 0.649 bits per heavy atom. The van der Waals surface area contributed by atoms with Crippen LogP contribution in [0.4, 0.5) is 0 Å². The summed E-state index contributed by atoms with van der Waals surface area (Å²) in [5, 5.41) is 0. The van der Waals surface area contributed by atoms with Gasteiger partial charge in [0, 0.05) is 48.8 Å². The quantitative estimate of drug-likeness (QED) is 0.201. The van der Waals surface area contributed by atoms with Gasteiger partial charge >= 0.3 is 0 Å². The maximum Gasteiger partial charge on any atom is 0.0449 e. The molecular weight excluding hydrogens is 545 g/mol. The van der Waals surface area contributed by atoms with Gasteiger partial charge in [0.25, 0.3) is 0 Å². The first-order chi connectivity index (χ1) is 18.3. The van der Waals surface area contributed by atoms with Crippen LogP contribution in [0.25, 0.3) is 39.0 Å². The van der Waals surface area contributed by atoms with Crippen LogP contribution in [-0.4, -0.2) is 0 Å². The molecule has 0 amide bonds. The van der Waals surface area contributed by atoms with Gasteiger partial charge in [-0.05, 0) is 135 Å². The summed E-state index contributed by atoms with van der Waals surface area (Å²) < 4.78 is 0. The molecule has 5 heterocycles. The molecule has 0 saturated heterocycles. The fourth-order valence-electron chi connectivity index (χ4n) is 7.50. The highest BCUT2D eigenvalue weighted by molar-refractivity contribution is 7.29. The summed E-state index contributed by atoms with van der Waals surface area (Å²) in [6, 6.07) is 19.2. The zero-order valence-electron chi connectivity index (χ0n) is 20.6. The lowest BCUT2D eigenvalue weighted by Crippen LogP contribution is -2.19. The predicted molar refractivity (Wildman–Crippen MR) is 165 cm³/mol. The molecular formula is C32H28S5. The standard InChI is InChI=1S/C32H28S5/c1-5-19-6-2-17(1)21-15-29(36-31(19)21)27-13-11-25(34-27)23-9-10-24(33-23)26-12-14-28(35-26)30-16-22-18-3-7-20(8-4-18)32(22)37-30/h9-20H,1-8H2. The van der Waals surface area contributed by atoms with E-state index >= 15 is 0 Å². The van der Waals surface area contributed by atoms with E-state index in [0.717, 1.165) is 23.7 Å². The van der Waals surface area contributed by atoms with Gasteiger partial charge in [-0.3, -0.25) is 0 Å². The van der Waals surface area contributed by atoms with Gasteiger partial charge < -0.3 is 0 Å². The van der Waals surface area contributed by atoms with E-state index in [0.29, 0.717) is 0 Å². The van der Waals surface area contributed by atoms with Crippen LogP contribution in [0.3, 0.4) is 0 Å². The zero-order valence-corrected chi connectivity index (χ0v) is 24.7. The van der Waals surface area contributed by atoms with Gasteiger partial charge in [-0.25, -0.2) is 0 Å². The Kier molecular flexibility index (Phi) is 5.13. The topological polar surface area (TPSA) is 0 Å². The van der Waals surface area contributed by atoms with E-state index in [1.807, 2.05) is 34.0 Å². The Labute approximate surface area is 238 Å². The van der Waals surface area contributed by atoms with Crippen LogP contribution in [0.2, 0.25) is 0 Å². The second kappa shape index (κ2) is 8.50. The Balaban J connectivity index is 0.984. The molecule has 2 fully saturated rings. The lowest BCUT2D eigenvalue weighted by Gasteiger charge is -2.35. The Morgan fingerprint density at radius 1 is 0.351 bits per heavy atom. The molecule has 6 aliphatic rings. The van der Waals surface area contributed by atoms with E-state index in [1.165, 1.54) is 90.4 Å². The second-order valence-electron chi connectivity index (χ2n) is 11.4. The fraction of sp³-hybridized carbons (Fsp3) is 0.375. The molecule has 0 aliphatic heterocycles. The lowest BCUT2D eigenvalue weighted by atomic mass is 9.71. The lowest BCUT2D eigenvalue weighted by molar-refractivity contribution is 0.365. The summed E-state index contributed by atoms with van der Waals surface area (Å²) in [5.41, 5.74) is 3.40. The van der Waals surface area contributed by atoms with Crippen molar-refractivity contribution in [3.05, 3.63) is 69.4 Å². The SMILES string of the molecule is c1cc(-c2ccc(-c3cc4c(s3)C3CCC4CC3)s2)sc1-c1ccc(-c2cc3c(s2)C2CCC3CC2)s1. The Bertz CT molecular complexity index is 1440. The maximum absolute atomic E-state index is 2.55. The van der Waals surface area contributed by atoms with Crippen LogP contribution in [0.1, 0.15) is 95.9 Å². The van der Waals surface area contributed by atoms with Crippen molar-refractivity contribution in [2.75, 3.05) is 0 Å². The number of thiophene rings is 5. The van der Waals surface area contributed by atoms with Gasteiger partial charge in [0.15, 0.2) is 0 Å². The fourth-order valence-corrected chi connectivity index (χ4v) is 13.7. The first-order valence-corrected chi connectivity index (χ1v) is 17.9. The van der Waals surface area contributed by atoms with Crippen LogP contribution in [0.15, 0.2) is 48.5 Å². The summed E-state index contributed by atoms with van der Waals surface area (Å²) in [6.07, 6.45) is 11.4. The highest BCUT2D eigenvalue weighted by atomic mass is 32.1. The van der Waals surface area contributed by atoms with Gasteiger partial charge in [-0.2, -0.15) is 0 Å². The summed E-state index contributed by atoms with van der Waals surface area (Å²) >= 11 is 10.1. The normalized spacial score (nSPS) is 25.5. The molecule has 0 aromatic carbocycles. The average molecular weight is 573 g/mol. The summed E-state index contributed by atoms with van der Waals surface area (Å²) in [7, 11) is 0. The average Bonchev–Trinajstić information content (AvgIpc) is 3.78. The van der Waals surface area contributed by atoms with E-state index in [4.69, 9.17) is 0 Å². The number of fused-ring (bicyclic) bond motifs is 4. The highest BCUT2D eigenvalue weighted by Crippen LogP contribution is 2.56. The van der Waals surface area contributed by atoms with Crippen molar-refractivity contribution in [3.63, 3.8) is 0 Å². The van der Waals surface area contributed by atoms with Crippen molar-refractivity contribution in [1.29, 1.82) is 0 Å². The minimum Gasteiger partial charge on any atom is -0.139 e. The van der Waals surface area contributed by atoms with Gasteiger partial charge in [0.2, 0.25) is 0 Å². The van der Waals surface area contributed by atoms with E-state index in [-0.39, 0.29) is 0 Å². The molecule has 0 nitrogen and oxygen atoms in total. The van der Waals surface area contributed by atoms with Gasteiger partial charge in [-0.15, -0.1) is 56.7 Å². The smallest absolute Gasteiger partial charge is 0.0449 e. The van der Waals surface area contributed by atoms with Crippen LogP contribution in [-0.2, 0) is 0 Å². The Hall–Kier alpha value is -1.50. The van der Waals surface area contributed by atoms with Gasteiger partial charge in [0.1, 0.15) is 0 Å². The second-order valence-corrected chi connectivity index (χ2v) is 16.9. The molecule has 0 spiro atoms. The van der Waals surface area contributed by atoms with Crippen molar-refractivity contribution in [1.82, 2.24) is 0 Å². The Morgan fingerprint density at radius 3 is 0.973 bits per heavy atom. The third-order valence-electron chi connectivity index (χ3n) is 9.45. The minimum absolute atomic E-state index is 0.842. The van der Waals surface area contributed by atoms with Crippen LogP contribution < -0.4 is 0 Å². The third-order valence-corrected chi connectivity index (χ3v) is 16.1. The highest BCUT2D eigenvalue weighted by Gasteiger charge is 2.36. The third kappa shape index (κ3) is 3.54. The molecule has 11 rings (SSSR count). The van der Waals surface area contributed by atoms with Crippen LogP contribution >= 0.6 is 56.7 Å². The molecule has 0 radical (unpaired) electrons.